The highest BCUT2D eigenvalue weighted by atomic mass is 19.1. The Bertz CT molecular complexity index is 559. The molecular weight excluding hydrogens is 293 g/mol. The number of carbonyl (C=O) groups excluding carboxylic acids is 1. The van der Waals surface area contributed by atoms with Gasteiger partial charge in [-0.05, 0) is 43.4 Å². The number of benzene rings is 1. The van der Waals surface area contributed by atoms with E-state index in [0.29, 0.717) is 19.4 Å². The van der Waals surface area contributed by atoms with Crippen molar-refractivity contribution < 1.29 is 14.3 Å². The average molecular weight is 319 g/mol. The van der Waals surface area contributed by atoms with Gasteiger partial charge in [-0.25, -0.2) is 4.39 Å². The third-order valence-electron chi connectivity index (χ3n) is 5.56. The lowest BCUT2D eigenvalue weighted by Gasteiger charge is -2.52. The number of carbonyl (C=O) groups is 1. The summed E-state index contributed by atoms with van der Waals surface area (Å²) in [7, 11) is 0. The summed E-state index contributed by atoms with van der Waals surface area (Å²) in [6.45, 7) is 2.60. The molecule has 0 radical (unpaired) electrons. The van der Waals surface area contributed by atoms with E-state index in [1.54, 1.807) is 12.1 Å². The lowest BCUT2D eigenvalue weighted by molar-refractivity contribution is -0.155. The van der Waals surface area contributed by atoms with Gasteiger partial charge in [0.2, 0.25) is 5.91 Å². The highest BCUT2D eigenvalue weighted by Gasteiger charge is 2.49. The molecule has 1 aromatic rings. The number of hydrogen-bond acceptors (Lipinski definition) is 2. The molecule has 126 valence electrons. The van der Waals surface area contributed by atoms with E-state index in [0.717, 1.165) is 37.7 Å². The molecule has 3 rings (SSSR count). The number of likely N-dealkylation sites (tertiary alicyclic amines) is 1. The third kappa shape index (κ3) is 3.14. The molecule has 0 bridgehead atoms. The molecule has 1 saturated carbocycles. The SMILES string of the molecule is CCCC(=O)N1CC[C@]2(O)CCCC[C@H]2[C@@H]1c1ccc(F)cc1. The third-order valence-corrected chi connectivity index (χ3v) is 5.56. The molecule has 1 amide bonds. The van der Waals surface area contributed by atoms with Gasteiger partial charge in [0, 0.05) is 18.9 Å². The Morgan fingerprint density at radius 1 is 1.30 bits per heavy atom. The topological polar surface area (TPSA) is 40.5 Å². The minimum absolute atomic E-state index is 0.0521. The highest BCUT2D eigenvalue weighted by Crippen LogP contribution is 2.49. The smallest absolute Gasteiger partial charge is 0.223 e. The van der Waals surface area contributed by atoms with Crippen LogP contribution in [0.3, 0.4) is 0 Å². The highest BCUT2D eigenvalue weighted by molar-refractivity contribution is 5.77. The Balaban J connectivity index is 1.97. The van der Waals surface area contributed by atoms with Crippen LogP contribution >= 0.6 is 0 Å². The molecule has 0 aromatic heterocycles. The molecule has 1 saturated heterocycles. The number of halogens is 1. The second-order valence-corrected chi connectivity index (χ2v) is 7.04. The summed E-state index contributed by atoms with van der Waals surface area (Å²) in [4.78, 5) is 14.5. The minimum Gasteiger partial charge on any atom is -0.389 e. The van der Waals surface area contributed by atoms with E-state index in [-0.39, 0.29) is 23.7 Å². The number of amides is 1. The summed E-state index contributed by atoms with van der Waals surface area (Å²) in [5, 5.41) is 11.1. The van der Waals surface area contributed by atoms with E-state index in [9.17, 15) is 14.3 Å². The number of aliphatic hydroxyl groups is 1. The van der Waals surface area contributed by atoms with Crippen LogP contribution in [0, 0.1) is 11.7 Å². The van der Waals surface area contributed by atoms with Crippen molar-refractivity contribution in [2.24, 2.45) is 5.92 Å². The normalized spacial score (nSPS) is 30.8. The van der Waals surface area contributed by atoms with Crippen LogP contribution in [0.1, 0.15) is 63.5 Å². The van der Waals surface area contributed by atoms with Gasteiger partial charge in [0.05, 0.1) is 11.6 Å². The molecule has 0 unspecified atom stereocenters. The molecule has 0 spiro atoms. The van der Waals surface area contributed by atoms with Crippen LogP contribution in [-0.2, 0) is 4.79 Å². The van der Waals surface area contributed by atoms with Crippen LogP contribution in [-0.4, -0.2) is 28.1 Å². The zero-order valence-electron chi connectivity index (χ0n) is 13.8. The van der Waals surface area contributed by atoms with E-state index in [2.05, 4.69) is 0 Å². The van der Waals surface area contributed by atoms with Crippen molar-refractivity contribution in [2.45, 2.75) is 63.5 Å². The number of fused-ring (bicyclic) bond motifs is 1. The predicted molar refractivity (Wildman–Crippen MR) is 87.3 cm³/mol. The van der Waals surface area contributed by atoms with Crippen LogP contribution < -0.4 is 0 Å². The summed E-state index contributed by atoms with van der Waals surface area (Å²) in [6, 6.07) is 6.32. The molecule has 1 aliphatic carbocycles. The summed E-state index contributed by atoms with van der Waals surface area (Å²) >= 11 is 0. The Labute approximate surface area is 137 Å². The Hall–Kier alpha value is -1.42. The van der Waals surface area contributed by atoms with Crippen LogP contribution in [0.2, 0.25) is 0 Å². The first kappa shape index (κ1) is 16.4. The zero-order valence-corrected chi connectivity index (χ0v) is 13.8. The Morgan fingerprint density at radius 3 is 2.74 bits per heavy atom. The van der Waals surface area contributed by atoms with Gasteiger partial charge >= 0.3 is 0 Å². The van der Waals surface area contributed by atoms with Gasteiger partial charge in [0.1, 0.15) is 5.82 Å². The first-order chi connectivity index (χ1) is 11.0. The summed E-state index contributed by atoms with van der Waals surface area (Å²) in [6.07, 6.45) is 5.88. The van der Waals surface area contributed by atoms with Crippen molar-refractivity contribution in [3.05, 3.63) is 35.6 Å². The summed E-state index contributed by atoms with van der Waals surface area (Å²) in [5.41, 5.74) is 0.265. The summed E-state index contributed by atoms with van der Waals surface area (Å²) < 4.78 is 13.3. The van der Waals surface area contributed by atoms with E-state index >= 15 is 0 Å². The fourth-order valence-corrected chi connectivity index (χ4v) is 4.39. The lowest BCUT2D eigenvalue weighted by atomic mass is 9.66. The van der Waals surface area contributed by atoms with Crippen molar-refractivity contribution in [1.82, 2.24) is 4.90 Å². The van der Waals surface area contributed by atoms with Crippen LogP contribution in [0.5, 0.6) is 0 Å². The molecule has 1 heterocycles. The van der Waals surface area contributed by atoms with Gasteiger partial charge in [-0.1, -0.05) is 31.9 Å². The molecular formula is C19H26FNO2. The number of rotatable bonds is 3. The maximum absolute atomic E-state index is 13.3. The fourth-order valence-electron chi connectivity index (χ4n) is 4.39. The molecule has 4 heteroatoms. The van der Waals surface area contributed by atoms with E-state index < -0.39 is 5.60 Å². The van der Waals surface area contributed by atoms with Crippen molar-refractivity contribution in [3.63, 3.8) is 0 Å². The quantitative estimate of drug-likeness (QED) is 0.920. The first-order valence-corrected chi connectivity index (χ1v) is 8.82. The van der Waals surface area contributed by atoms with Crippen molar-refractivity contribution in [3.8, 4) is 0 Å². The van der Waals surface area contributed by atoms with E-state index in [1.807, 2.05) is 11.8 Å². The number of hydrogen-bond donors (Lipinski definition) is 1. The van der Waals surface area contributed by atoms with Crippen LogP contribution in [0.25, 0.3) is 0 Å². The molecule has 3 nitrogen and oxygen atoms in total. The maximum Gasteiger partial charge on any atom is 0.223 e. The van der Waals surface area contributed by atoms with Crippen molar-refractivity contribution in [2.75, 3.05) is 6.54 Å². The molecule has 1 aromatic carbocycles. The first-order valence-electron chi connectivity index (χ1n) is 8.82. The fraction of sp³-hybridized carbons (Fsp3) is 0.632. The second kappa shape index (κ2) is 6.60. The Kier molecular flexibility index (Phi) is 4.72. The molecule has 23 heavy (non-hydrogen) atoms. The molecule has 2 fully saturated rings. The minimum atomic E-state index is -0.680. The van der Waals surface area contributed by atoms with Gasteiger partial charge in [-0.15, -0.1) is 0 Å². The molecule has 3 atom stereocenters. The van der Waals surface area contributed by atoms with Gasteiger partial charge in [0.15, 0.2) is 0 Å². The second-order valence-electron chi connectivity index (χ2n) is 7.04. The zero-order chi connectivity index (χ0) is 16.4. The average Bonchev–Trinajstić information content (AvgIpc) is 2.54. The standard InChI is InChI=1S/C19H26FNO2/c1-2-5-17(22)21-13-12-19(23)11-4-3-6-16(19)18(21)14-7-9-15(20)10-8-14/h7-10,16,18,23H,2-6,11-13H2,1H3/t16-,18-,19+/m0/s1. The van der Waals surface area contributed by atoms with Crippen LogP contribution in [0.15, 0.2) is 24.3 Å². The summed E-state index contributed by atoms with van der Waals surface area (Å²) in [5.74, 6) is -0.0689. The van der Waals surface area contributed by atoms with E-state index in [4.69, 9.17) is 0 Å². The van der Waals surface area contributed by atoms with Crippen molar-refractivity contribution in [1.29, 1.82) is 0 Å². The number of piperidine rings is 1. The van der Waals surface area contributed by atoms with Gasteiger partial charge < -0.3 is 10.0 Å². The lowest BCUT2D eigenvalue weighted by Crippen LogP contribution is -2.56. The largest absolute Gasteiger partial charge is 0.389 e. The van der Waals surface area contributed by atoms with Gasteiger partial charge in [-0.2, -0.15) is 0 Å². The maximum atomic E-state index is 13.3. The van der Waals surface area contributed by atoms with Crippen molar-refractivity contribution >= 4 is 5.91 Å². The Morgan fingerprint density at radius 2 is 2.04 bits per heavy atom. The molecule has 1 aliphatic heterocycles. The van der Waals surface area contributed by atoms with E-state index in [1.165, 1.54) is 12.1 Å². The molecule has 2 aliphatic rings. The number of nitrogens with zero attached hydrogens (tertiary/aromatic N) is 1. The van der Waals surface area contributed by atoms with Crippen LogP contribution in [0.4, 0.5) is 4.39 Å². The molecule has 1 N–H and O–H groups in total. The van der Waals surface area contributed by atoms with Gasteiger partial charge in [0.25, 0.3) is 0 Å². The monoisotopic (exact) mass is 319 g/mol. The predicted octanol–water partition coefficient (Wildman–Crippen LogP) is 3.82. The van der Waals surface area contributed by atoms with Gasteiger partial charge in [-0.3, -0.25) is 4.79 Å².